The molecule has 0 fully saturated rings. The lowest BCUT2D eigenvalue weighted by molar-refractivity contribution is 0.552. The van der Waals surface area contributed by atoms with Crippen molar-refractivity contribution in [3.05, 3.63) is 15.6 Å². The molecule has 0 amide bonds. The van der Waals surface area contributed by atoms with Crippen molar-refractivity contribution < 1.29 is 0 Å². The average molecular weight is 301 g/mol. The lowest BCUT2D eigenvalue weighted by atomic mass is 10.1. The monoisotopic (exact) mass is 300 g/mol. The Morgan fingerprint density at radius 3 is 2.37 bits per heavy atom. The highest BCUT2D eigenvalue weighted by Crippen LogP contribution is 2.28. The van der Waals surface area contributed by atoms with Crippen molar-refractivity contribution in [1.29, 1.82) is 0 Å². The van der Waals surface area contributed by atoms with Crippen molar-refractivity contribution >= 4 is 23.1 Å². The van der Waals surface area contributed by atoms with E-state index in [4.69, 9.17) is 4.98 Å². The molecule has 4 heteroatoms. The molecule has 19 heavy (non-hydrogen) atoms. The summed E-state index contributed by atoms with van der Waals surface area (Å²) in [6, 6.07) is 0. The molecular formula is C15H28N2S2. The summed E-state index contributed by atoms with van der Waals surface area (Å²) in [4.78, 5) is 6.26. The summed E-state index contributed by atoms with van der Waals surface area (Å²) in [5.74, 6) is 2.27. The van der Waals surface area contributed by atoms with Gasteiger partial charge in [0.25, 0.3) is 0 Å². The van der Waals surface area contributed by atoms with E-state index in [2.05, 4.69) is 46.9 Å². The van der Waals surface area contributed by atoms with Crippen LogP contribution in [0.2, 0.25) is 0 Å². The molecule has 0 bridgehead atoms. The Morgan fingerprint density at radius 1 is 1.16 bits per heavy atom. The van der Waals surface area contributed by atoms with E-state index in [-0.39, 0.29) is 0 Å². The van der Waals surface area contributed by atoms with Crippen molar-refractivity contribution in [3.63, 3.8) is 0 Å². The van der Waals surface area contributed by atoms with E-state index in [1.807, 2.05) is 23.1 Å². The van der Waals surface area contributed by atoms with Gasteiger partial charge in [0, 0.05) is 17.2 Å². The molecule has 0 radical (unpaired) electrons. The summed E-state index contributed by atoms with van der Waals surface area (Å²) in [5, 5.41) is 5.49. The number of thioether (sulfide) groups is 1. The molecule has 0 atom stereocenters. The van der Waals surface area contributed by atoms with E-state index in [0.29, 0.717) is 17.1 Å². The fraction of sp³-hybridized carbons (Fsp3) is 0.800. The zero-order valence-corrected chi connectivity index (χ0v) is 14.8. The average Bonchev–Trinajstić information content (AvgIpc) is 2.69. The lowest BCUT2D eigenvalue weighted by Gasteiger charge is -2.08. The van der Waals surface area contributed by atoms with Crippen molar-refractivity contribution in [2.45, 2.75) is 65.0 Å². The minimum atomic E-state index is 0.518. The normalized spacial score (nSPS) is 12.1. The van der Waals surface area contributed by atoms with E-state index in [1.165, 1.54) is 15.6 Å². The number of nitrogens with zero attached hydrogens (tertiary/aromatic N) is 1. The minimum Gasteiger partial charge on any atom is -0.312 e. The molecule has 0 aliphatic carbocycles. The molecule has 1 N–H and O–H groups in total. The Hall–Kier alpha value is -0.0600. The molecular weight excluding hydrogens is 272 g/mol. The van der Waals surface area contributed by atoms with E-state index in [9.17, 15) is 0 Å². The Kier molecular flexibility index (Phi) is 7.40. The predicted octanol–water partition coefficient (Wildman–Crippen LogP) is 4.65. The van der Waals surface area contributed by atoms with Crippen LogP contribution >= 0.6 is 23.1 Å². The van der Waals surface area contributed by atoms with Crippen LogP contribution in [0.4, 0.5) is 0 Å². The Labute approximate surface area is 126 Å². The Bertz CT molecular complexity index is 370. The first kappa shape index (κ1) is 17.0. The second-order valence-electron chi connectivity index (χ2n) is 5.96. The molecule has 1 aromatic heterocycles. The SMILES string of the molecule is CC(C)CNCc1sc(CSC(C)C)nc1C(C)C. The van der Waals surface area contributed by atoms with Crippen molar-refractivity contribution in [2.75, 3.05) is 6.54 Å². The predicted molar refractivity (Wildman–Crippen MR) is 89.2 cm³/mol. The van der Waals surface area contributed by atoms with Gasteiger partial charge in [0.2, 0.25) is 0 Å². The number of aromatic nitrogens is 1. The van der Waals surface area contributed by atoms with Gasteiger partial charge < -0.3 is 5.32 Å². The highest BCUT2D eigenvalue weighted by atomic mass is 32.2. The van der Waals surface area contributed by atoms with Crippen LogP contribution in [0.5, 0.6) is 0 Å². The summed E-state index contributed by atoms with van der Waals surface area (Å²) < 4.78 is 0. The lowest BCUT2D eigenvalue weighted by Crippen LogP contribution is -2.19. The second kappa shape index (κ2) is 8.28. The van der Waals surface area contributed by atoms with Gasteiger partial charge in [0.1, 0.15) is 5.01 Å². The molecule has 1 rings (SSSR count). The molecule has 0 spiro atoms. The number of nitrogens with one attached hydrogen (secondary N) is 1. The summed E-state index contributed by atoms with van der Waals surface area (Å²) >= 11 is 3.86. The molecule has 110 valence electrons. The van der Waals surface area contributed by atoms with Crippen LogP contribution < -0.4 is 5.32 Å². The summed E-state index contributed by atoms with van der Waals surface area (Å²) in [6.45, 7) is 15.5. The minimum absolute atomic E-state index is 0.518. The largest absolute Gasteiger partial charge is 0.312 e. The fourth-order valence-corrected chi connectivity index (χ4v) is 3.73. The standard InChI is InChI=1S/C15H28N2S2/c1-10(2)7-16-8-13-15(11(3)4)17-14(19-13)9-18-12(5)6/h10-12,16H,7-9H2,1-6H3. The van der Waals surface area contributed by atoms with Gasteiger partial charge in [-0.3, -0.25) is 0 Å². The Balaban J connectivity index is 2.66. The van der Waals surface area contributed by atoms with Crippen LogP contribution in [0.15, 0.2) is 0 Å². The third-order valence-corrected chi connectivity index (χ3v) is 5.06. The maximum Gasteiger partial charge on any atom is 0.103 e. The number of hydrogen-bond acceptors (Lipinski definition) is 4. The maximum atomic E-state index is 4.84. The third-order valence-electron chi connectivity index (χ3n) is 2.70. The van der Waals surface area contributed by atoms with Gasteiger partial charge in [0.15, 0.2) is 0 Å². The molecule has 0 aliphatic rings. The van der Waals surface area contributed by atoms with Gasteiger partial charge in [-0.1, -0.05) is 41.5 Å². The van der Waals surface area contributed by atoms with Gasteiger partial charge >= 0.3 is 0 Å². The van der Waals surface area contributed by atoms with Gasteiger partial charge in [-0.05, 0) is 23.6 Å². The number of thiazole rings is 1. The van der Waals surface area contributed by atoms with E-state index < -0.39 is 0 Å². The molecule has 0 saturated carbocycles. The second-order valence-corrected chi connectivity index (χ2v) is 8.69. The topological polar surface area (TPSA) is 24.9 Å². The van der Waals surface area contributed by atoms with E-state index >= 15 is 0 Å². The van der Waals surface area contributed by atoms with Crippen LogP contribution in [-0.2, 0) is 12.3 Å². The van der Waals surface area contributed by atoms with Crippen molar-refractivity contribution in [2.24, 2.45) is 5.92 Å². The van der Waals surface area contributed by atoms with Crippen LogP contribution in [0.1, 0.15) is 63.0 Å². The molecule has 0 saturated heterocycles. The first-order chi connectivity index (χ1) is 8.90. The molecule has 0 aromatic carbocycles. The van der Waals surface area contributed by atoms with Gasteiger partial charge in [0.05, 0.1) is 5.69 Å². The fourth-order valence-electron chi connectivity index (χ4n) is 1.77. The Morgan fingerprint density at radius 2 is 1.84 bits per heavy atom. The maximum absolute atomic E-state index is 4.84. The number of rotatable bonds is 8. The van der Waals surface area contributed by atoms with Crippen LogP contribution in [0, 0.1) is 5.92 Å². The van der Waals surface area contributed by atoms with E-state index in [1.54, 1.807) is 0 Å². The molecule has 1 aromatic rings. The van der Waals surface area contributed by atoms with Crippen LogP contribution in [0.3, 0.4) is 0 Å². The highest BCUT2D eigenvalue weighted by molar-refractivity contribution is 7.99. The van der Waals surface area contributed by atoms with E-state index in [0.717, 1.165) is 18.8 Å². The molecule has 0 aliphatic heterocycles. The number of hydrogen-bond donors (Lipinski definition) is 1. The first-order valence-corrected chi connectivity index (χ1v) is 9.07. The quantitative estimate of drug-likeness (QED) is 0.756. The highest BCUT2D eigenvalue weighted by Gasteiger charge is 2.14. The summed E-state index contributed by atoms with van der Waals surface area (Å²) in [7, 11) is 0. The summed E-state index contributed by atoms with van der Waals surface area (Å²) in [6.07, 6.45) is 0. The van der Waals surface area contributed by atoms with Gasteiger partial charge in [-0.15, -0.1) is 11.3 Å². The van der Waals surface area contributed by atoms with Gasteiger partial charge in [-0.2, -0.15) is 11.8 Å². The smallest absolute Gasteiger partial charge is 0.103 e. The molecule has 0 unspecified atom stereocenters. The first-order valence-electron chi connectivity index (χ1n) is 7.21. The third kappa shape index (κ3) is 6.28. The summed E-state index contributed by atoms with van der Waals surface area (Å²) in [5.41, 5.74) is 1.29. The van der Waals surface area contributed by atoms with Crippen LogP contribution in [0.25, 0.3) is 0 Å². The van der Waals surface area contributed by atoms with Crippen molar-refractivity contribution in [1.82, 2.24) is 10.3 Å². The zero-order valence-electron chi connectivity index (χ0n) is 13.1. The zero-order chi connectivity index (χ0) is 14.4. The van der Waals surface area contributed by atoms with Gasteiger partial charge in [-0.25, -0.2) is 4.98 Å². The van der Waals surface area contributed by atoms with Crippen molar-refractivity contribution in [3.8, 4) is 0 Å². The van der Waals surface area contributed by atoms with Crippen LogP contribution in [-0.4, -0.2) is 16.8 Å². The molecule has 2 nitrogen and oxygen atoms in total. The molecule has 1 heterocycles.